The van der Waals surface area contributed by atoms with Crippen LogP contribution in [0.1, 0.15) is 28.8 Å². The molecule has 2 aliphatic rings. The van der Waals surface area contributed by atoms with Crippen molar-refractivity contribution in [2.45, 2.75) is 19.4 Å². The molecule has 2 heterocycles. The van der Waals surface area contributed by atoms with Gasteiger partial charge in [0.15, 0.2) is 0 Å². The fourth-order valence-electron chi connectivity index (χ4n) is 4.38. The number of nitrogens with zero attached hydrogens (tertiary/aromatic N) is 2. The molecule has 0 atom stereocenters. The molecule has 0 saturated carbocycles. The minimum Gasteiger partial charge on any atom is -0.497 e. The predicted octanol–water partition coefficient (Wildman–Crippen LogP) is 3.19. The maximum atomic E-state index is 12.6. The lowest BCUT2D eigenvalue weighted by Gasteiger charge is -2.33. The van der Waals surface area contributed by atoms with Crippen LogP contribution in [0, 0.1) is 5.92 Å². The Bertz CT molecular complexity index is 1050. The van der Waals surface area contributed by atoms with E-state index in [0.29, 0.717) is 18.1 Å². The van der Waals surface area contributed by atoms with Crippen LogP contribution in [0.3, 0.4) is 0 Å². The molecule has 0 spiro atoms. The predicted molar refractivity (Wildman–Crippen MR) is 136 cm³/mol. The fourth-order valence-corrected chi connectivity index (χ4v) is 4.38. The molecular formula is C27H33N3O6. The van der Waals surface area contributed by atoms with Gasteiger partial charge in [0.05, 0.1) is 7.11 Å². The number of carboxylic acid groups (broad SMARTS) is 2. The molecule has 1 saturated heterocycles. The highest BCUT2D eigenvalue weighted by Crippen LogP contribution is 2.26. The normalized spacial score (nSPS) is 15.8. The number of aliphatic carboxylic acids is 2. The first-order chi connectivity index (χ1) is 17.4. The standard InChI is InChI=1S/C23H29N3O2.C4H4O4/c1-28-21-8-6-20(7-9-21)24-12-15-25-13-10-18(11-14-25)16-26-17-19-4-2-3-5-22(19)23(26)27;5-3(6)1-2-4(7)8/h2-9,18,24H,10-17H2,1H3;1-2H,(H,5,6)(H,7,8). The SMILES string of the molecule is COc1ccc(NCCN2CCC(CN3Cc4ccccc4C3=O)CC2)cc1.O=C(O)C=CC(=O)O. The highest BCUT2D eigenvalue weighted by Gasteiger charge is 2.29. The van der Waals surface area contributed by atoms with Gasteiger partial charge in [-0.2, -0.15) is 0 Å². The maximum Gasteiger partial charge on any atom is 0.328 e. The number of hydrogen-bond donors (Lipinski definition) is 3. The summed E-state index contributed by atoms with van der Waals surface area (Å²) in [7, 11) is 1.69. The number of benzene rings is 2. The van der Waals surface area contributed by atoms with Crippen molar-refractivity contribution < 1.29 is 29.3 Å². The average Bonchev–Trinajstić information content (AvgIpc) is 3.20. The van der Waals surface area contributed by atoms with E-state index in [1.165, 1.54) is 18.4 Å². The number of methoxy groups -OCH3 is 1. The van der Waals surface area contributed by atoms with E-state index in [0.717, 1.165) is 56.3 Å². The van der Waals surface area contributed by atoms with E-state index < -0.39 is 11.9 Å². The zero-order chi connectivity index (χ0) is 25.9. The number of carbonyl (C=O) groups excluding carboxylic acids is 1. The molecule has 2 aromatic carbocycles. The molecule has 2 aromatic rings. The average molecular weight is 496 g/mol. The van der Waals surface area contributed by atoms with Crippen LogP contribution in [0.2, 0.25) is 0 Å². The van der Waals surface area contributed by atoms with Gasteiger partial charge in [0.2, 0.25) is 0 Å². The van der Waals surface area contributed by atoms with Crippen LogP contribution in [-0.4, -0.2) is 77.7 Å². The second-order valence-electron chi connectivity index (χ2n) is 8.79. The van der Waals surface area contributed by atoms with Crippen molar-refractivity contribution in [3.05, 3.63) is 71.8 Å². The van der Waals surface area contributed by atoms with E-state index in [2.05, 4.69) is 28.4 Å². The third-order valence-electron chi connectivity index (χ3n) is 6.30. The number of rotatable bonds is 9. The van der Waals surface area contributed by atoms with Crippen molar-refractivity contribution in [1.29, 1.82) is 0 Å². The van der Waals surface area contributed by atoms with Gasteiger partial charge in [-0.1, -0.05) is 18.2 Å². The third kappa shape index (κ3) is 8.13. The van der Waals surface area contributed by atoms with Gasteiger partial charge in [0.25, 0.3) is 5.91 Å². The Balaban J connectivity index is 0.000000392. The number of ether oxygens (including phenoxy) is 1. The second kappa shape index (κ2) is 13.3. The monoisotopic (exact) mass is 495 g/mol. The lowest BCUT2D eigenvalue weighted by atomic mass is 9.96. The van der Waals surface area contributed by atoms with Crippen LogP contribution in [0.15, 0.2) is 60.7 Å². The lowest BCUT2D eigenvalue weighted by Crippen LogP contribution is -2.40. The summed E-state index contributed by atoms with van der Waals surface area (Å²) in [5.74, 6) is -0.808. The molecule has 36 heavy (non-hydrogen) atoms. The van der Waals surface area contributed by atoms with Gasteiger partial charge in [-0.05, 0) is 67.7 Å². The largest absolute Gasteiger partial charge is 0.497 e. The summed E-state index contributed by atoms with van der Waals surface area (Å²) in [5.41, 5.74) is 3.20. The molecule has 1 amide bonds. The van der Waals surface area contributed by atoms with E-state index in [1.54, 1.807) is 7.11 Å². The van der Waals surface area contributed by atoms with Crippen molar-refractivity contribution in [2.75, 3.05) is 45.2 Å². The molecule has 0 radical (unpaired) electrons. The number of anilines is 1. The summed E-state index contributed by atoms with van der Waals surface area (Å²) in [6, 6.07) is 16.1. The second-order valence-corrected chi connectivity index (χ2v) is 8.79. The molecule has 3 N–H and O–H groups in total. The number of hydrogen-bond acceptors (Lipinski definition) is 6. The molecular weight excluding hydrogens is 462 g/mol. The third-order valence-corrected chi connectivity index (χ3v) is 6.30. The highest BCUT2D eigenvalue weighted by molar-refractivity contribution is 5.98. The van der Waals surface area contributed by atoms with Gasteiger partial charge in [0, 0.05) is 49.6 Å². The molecule has 4 rings (SSSR count). The van der Waals surface area contributed by atoms with Crippen LogP contribution in [0.25, 0.3) is 0 Å². The summed E-state index contributed by atoms with van der Waals surface area (Å²) < 4.78 is 5.19. The zero-order valence-electron chi connectivity index (χ0n) is 20.4. The molecule has 192 valence electrons. The summed E-state index contributed by atoms with van der Waals surface area (Å²) in [5, 5.41) is 19.1. The van der Waals surface area contributed by atoms with Crippen LogP contribution in [-0.2, 0) is 16.1 Å². The van der Waals surface area contributed by atoms with Crippen LogP contribution < -0.4 is 10.1 Å². The molecule has 9 nitrogen and oxygen atoms in total. The van der Waals surface area contributed by atoms with Crippen molar-refractivity contribution in [3.63, 3.8) is 0 Å². The molecule has 0 unspecified atom stereocenters. The number of likely N-dealkylation sites (tertiary alicyclic amines) is 1. The van der Waals surface area contributed by atoms with Gasteiger partial charge >= 0.3 is 11.9 Å². The Hall–Kier alpha value is -3.85. The number of amides is 1. The Morgan fingerprint density at radius 2 is 1.67 bits per heavy atom. The minimum atomic E-state index is -1.26. The quantitative estimate of drug-likeness (QED) is 0.454. The van der Waals surface area contributed by atoms with E-state index in [9.17, 15) is 14.4 Å². The van der Waals surface area contributed by atoms with E-state index in [4.69, 9.17) is 14.9 Å². The number of carboxylic acids is 2. The van der Waals surface area contributed by atoms with Crippen LogP contribution in [0.4, 0.5) is 5.69 Å². The van der Waals surface area contributed by atoms with Crippen molar-refractivity contribution in [3.8, 4) is 5.75 Å². The minimum absolute atomic E-state index is 0.210. The van der Waals surface area contributed by atoms with Crippen LogP contribution in [0.5, 0.6) is 5.75 Å². The Morgan fingerprint density at radius 1 is 1.03 bits per heavy atom. The summed E-state index contributed by atoms with van der Waals surface area (Å²) in [6.45, 7) is 5.89. The molecule has 0 bridgehead atoms. The molecule has 1 fully saturated rings. The number of nitrogens with one attached hydrogen (secondary N) is 1. The molecule has 0 aromatic heterocycles. The topological polar surface area (TPSA) is 119 Å². The van der Waals surface area contributed by atoms with E-state index >= 15 is 0 Å². The summed E-state index contributed by atoms with van der Waals surface area (Å²) in [6.07, 6.45) is 3.45. The zero-order valence-corrected chi connectivity index (χ0v) is 20.4. The summed E-state index contributed by atoms with van der Waals surface area (Å²) in [4.78, 5) is 36.2. The first-order valence-electron chi connectivity index (χ1n) is 12.0. The molecule has 0 aliphatic carbocycles. The first kappa shape index (κ1) is 26.7. The Kier molecular flexibility index (Phi) is 9.88. The van der Waals surface area contributed by atoms with Crippen molar-refractivity contribution in [2.24, 2.45) is 5.92 Å². The van der Waals surface area contributed by atoms with Crippen LogP contribution >= 0.6 is 0 Å². The molecule has 2 aliphatic heterocycles. The van der Waals surface area contributed by atoms with Crippen molar-refractivity contribution >= 4 is 23.5 Å². The Labute approximate surface area is 211 Å². The summed E-state index contributed by atoms with van der Waals surface area (Å²) >= 11 is 0. The van der Waals surface area contributed by atoms with Gasteiger partial charge < -0.3 is 30.1 Å². The number of carbonyl (C=O) groups is 3. The Morgan fingerprint density at radius 3 is 2.25 bits per heavy atom. The smallest absolute Gasteiger partial charge is 0.328 e. The lowest BCUT2D eigenvalue weighted by molar-refractivity contribution is -0.134. The highest BCUT2D eigenvalue weighted by atomic mass is 16.5. The van der Waals surface area contributed by atoms with Gasteiger partial charge in [-0.15, -0.1) is 0 Å². The van der Waals surface area contributed by atoms with Gasteiger partial charge in [-0.3, -0.25) is 4.79 Å². The van der Waals surface area contributed by atoms with E-state index in [1.807, 2.05) is 35.2 Å². The number of piperidine rings is 1. The van der Waals surface area contributed by atoms with Gasteiger partial charge in [0.1, 0.15) is 5.75 Å². The maximum absolute atomic E-state index is 12.6. The van der Waals surface area contributed by atoms with Gasteiger partial charge in [-0.25, -0.2) is 9.59 Å². The molecule has 9 heteroatoms. The van der Waals surface area contributed by atoms with Crippen molar-refractivity contribution in [1.82, 2.24) is 9.80 Å². The number of fused-ring (bicyclic) bond motifs is 1. The first-order valence-corrected chi connectivity index (χ1v) is 12.0. The van der Waals surface area contributed by atoms with E-state index in [-0.39, 0.29) is 5.91 Å². The fraction of sp³-hybridized carbons (Fsp3) is 0.370.